The first-order valence-corrected chi connectivity index (χ1v) is 13.7. The number of nitrogens with zero attached hydrogens (tertiary/aromatic N) is 1. The molecule has 3 unspecified atom stereocenters. The molecule has 0 bridgehead atoms. The van der Waals surface area contributed by atoms with Gasteiger partial charge in [0.15, 0.2) is 0 Å². The van der Waals surface area contributed by atoms with E-state index >= 15 is 0 Å². The van der Waals surface area contributed by atoms with Gasteiger partial charge in [-0.15, -0.1) is 0 Å². The molecule has 0 radical (unpaired) electrons. The van der Waals surface area contributed by atoms with Crippen LogP contribution >= 0.6 is 0 Å². The summed E-state index contributed by atoms with van der Waals surface area (Å²) >= 11 is 0. The van der Waals surface area contributed by atoms with Crippen molar-refractivity contribution in [2.24, 2.45) is 5.92 Å². The third kappa shape index (κ3) is 9.33. The molecule has 2 rings (SSSR count). The maximum absolute atomic E-state index is 14.1. The molecule has 0 aromatic heterocycles. The van der Waals surface area contributed by atoms with E-state index in [0.29, 0.717) is 12.0 Å². The van der Waals surface area contributed by atoms with Crippen LogP contribution in [-0.4, -0.2) is 58.8 Å². The molecule has 1 fully saturated rings. The average Bonchev–Trinajstić information content (AvgIpc) is 2.80. The van der Waals surface area contributed by atoms with Gasteiger partial charge in [0.25, 0.3) is 0 Å². The van der Waals surface area contributed by atoms with Gasteiger partial charge in [0.2, 0.25) is 11.8 Å². The van der Waals surface area contributed by atoms with Gasteiger partial charge in [-0.25, -0.2) is 4.79 Å². The maximum Gasteiger partial charge on any atom is 0.408 e. The molecule has 1 aliphatic rings. The fraction of sp³-hybridized carbons (Fsp3) is 0.690. The minimum atomic E-state index is -0.938. The molecular formula is C29H47N3O5. The van der Waals surface area contributed by atoms with E-state index in [4.69, 9.17) is 4.74 Å². The van der Waals surface area contributed by atoms with Crippen molar-refractivity contribution in [1.29, 1.82) is 0 Å². The first kappa shape index (κ1) is 30.6. The van der Waals surface area contributed by atoms with Crippen LogP contribution in [0, 0.1) is 19.8 Å². The van der Waals surface area contributed by atoms with E-state index in [0.717, 1.165) is 43.2 Å². The number of ether oxygens (including phenoxy) is 1. The molecule has 37 heavy (non-hydrogen) atoms. The monoisotopic (exact) mass is 517 g/mol. The summed E-state index contributed by atoms with van der Waals surface area (Å²) < 4.78 is 5.43. The number of carbonyl (C=O) groups excluding carboxylic acids is 3. The first-order valence-electron chi connectivity index (χ1n) is 13.7. The topological polar surface area (TPSA) is 108 Å². The van der Waals surface area contributed by atoms with Gasteiger partial charge in [0.05, 0.1) is 6.61 Å². The van der Waals surface area contributed by atoms with Crippen molar-refractivity contribution in [1.82, 2.24) is 15.5 Å². The molecule has 3 N–H and O–H groups in total. The number of hydrogen-bond donors (Lipinski definition) is 3. The number of alkyl carbamates (subject to hydrolysis) is 1. The van der Waals surface area contributed by atoms with Crippen LogP contribution < -0.4 is 10.6 Å². The van der Waals surface area contributed by atoms with Crippen LogP contribution in [0.1, 0.15) is 95.9 Å². The van der Waals surface area contributed by atoms with Gasteiger partial charge in [-0.1, -0.05) is 68.9 Å². The number of rotatable bonds is 10. The molecule has 8 heteroatoms. The molecule has 1 aromatic rings. The maximum atomic E-state index is 14.1. The SMILES string of the molecule is CCC(C)C(NC(=O)OC(C)(C)C)C(=O)N(CCO)C(C(=O)NC1CCCCC1)c1cc(C)cc(C)c1. The van der Waals surface area contributed by atoms with Crippen molar-refractivity contribution < 1.29 is 24.2 Å². The fourth-order valence-electron chi connectivity index (χ4n) is 4.94. The van der Waals surface area contributed by atoms with Crippen molar-refractivity contribution in [3.63, 3.8) is 0 Å². The Bertz CT molecular complexity index is 900. The average molecular weight is 518 g/mol. The number of aryl methyl sites for hydroxylation is 2. The highest BCUT2D eigenvalue weighted by atomic mass is 16.6. The van der Waals surface area contributed by atoms with Crippen molar-refractivity contribution in [2.45, 2.75) is 111 Å². The van der Waals surface area contributed by atoms with Gasteiger partial charge in [-0.05, 0) is 58.9 Å². The van der Waals surface area contributed by atoms with E-state index in [9.17, 15) is 19.5 Å². The summed E-state index contributed by atoms with van der Waals surface area (Å²) in [5.41, 5.74) is 1.92. The summed E-state index contributed by atoms with van der Waals surface area (Å²) in [7, 11) is 0. The second-order valence-corrected chi connectivity index (χ2v) is 11.4. The van der Waals surface area contributed by atoms with E-state index in [2.05, 4.69) is 10.6 Å². The van der Waals surface area contributed by atoms with Gasteiger partial charge in [-0.3, -0.25) is 9.59 Å². The van der Waals surface area contributed by atoms with Crippen LogP contribution in [0.25, 0.3) is 0 Å². The summed E-state index contributed by atoms with van der Waals surface area (Å²) in [6.45, 7) is 12.7. The van der Waals surface area contributed by atoms with Gasteiger partial charge < -0.3 is 25.4 Å². The number of amides is 3. The molecule has 208 valence electrons. The molecule has 0 aliphatic heterocycles. The largest absolute Gasteiger partial charge is 0.444 e. The predicted molar refractivity (Wildman–Crippen MR) is 145 cm³/mol. The molecule has 3 amide bonds. The Morgan fingerprint density at radius 3 is 2.19 bits per heavy atom. The van der Waals surface area contributed by atoms with Crippen molar-refractivity contribution in [3.8, 4) is 0 Å². The molecule has 0 spiro atoms. The summed E-state index contributed by atoms with van der Waals surface area (Å²) in [5, 5.41) is 15.9. The summed E-state index contributed by atoms with van der Waals surface area (Å²) in [4.78, 5) is 42.0. The molecule has 3 atom stereocenters. The lowest BCUT2D eigenvalue weighted by Gasteiger charge is -2.36. The number of aliphatic hydroxyl groups is 1. The quantitative estimate of drug-likeness (QED) is 0.422. The fourth-order valence-corrected chi connectivity index (χ4v) is 4.94. The normalized spacial score (nSPS) is 16.9. The minimum absolute atomic E-state index is 0.0441. The van der Waals surface area contributed by atoms with Crippen LogP contribution in [0.2, 0.25) is 0 Å². The highest BCUT2D eigenvalue weighted by Gasteiger charge is 2.38. The zero-order valence-electron chi connectivity index (χ0n) is 23.7. The Kier molecular flexibility index (Phi) is 11.4. The molecule has 1 aliphatic carbocycles. The third-order valence-corrected chi connectivity index (χ3v) is 6.85. The highest BCUT2D eigenvalue weighted by molar-refractivity contribution is 5.92. The number of aliphatic hydroxyl groups excluding tert-OH is 1. The molecular weight excluding hydrogens is 470 g/mol. The van der Waals surface area contributed by atoms with Gasteiger partial charge in [0.1, 0.15) is 17.7 Å². The molecule has 0 heterocycles. The Morgan fingerprint density at radius 1 is 1.08 bits per heavy atom. The lowest BCUT2D eigenvalue weighted by molar-refractivity contribution is -0.144. The lowest BCUT2D eigenvalue weighted by atomic mass is 9.93. The highest BCUT2D eigenvalue weighted by Crippen LogP contribution is 2.27. The van der Waals surface area contributed by atoms with E-state index in [1.807, 2.05) is 45.9 Å². The van der Waals surface area contributed by atoms with E-state index in [1.54, 1.807) is 20.8 Å². The van der Waals surface area contributed by atoms with Crippen LogP contribution in [0.4, 0.5) is 4.79 Å². The van der Waals surface area contributed by atoms with Crippen molar-refractivity contribution in [2.75, 3.05) is 13.2 Å². The molecule has 8 nitrogen and oxygen atoms in total. The number of benzene rings is 1. The van der Waals surface area contributed by atoms with E-state index < -0.39 is 29.7 Å². The van der Waals surface area contributed by atoms with Gasteiger partial charge >= 0.3 is 6.09 Å². The van der Waals surface area contributed by atoms with E-state index in [1.165, 1.54) is 4.90 Å². The zero-order chi connectivity index (χ0) is 27.8. The summed E-state index contributed by atoms with van der Waals surface area (Å²) in [5.74, 6) is -0.904. The van der Waals surface area contributed by atoms with Crippen molar-refractivity contribution >= 4 is 17.9 Å². The number of carbonyl (C=O) groups is 3. The van der Waals surface area contributed by atoms with Crippen LogP contribution in [-0.2, 0) is 14.3 Å². The zero-order valence-corrected chi connectivity index (χ0v) is 23.7. The molecule has 0 saturated heterocycles. The van der Waals surface area contributed by atoms with Gasteiger partial charge in [0, 0.05) is 12.6 Å². The predicted octanol–water partition coefficient (Wildman–Crippen LogP) is 4.55. The van der Waals surface area contributed by atoms with Crippen LogP contribution in [0.15, 0.2) is 18.2 Å². The Hall–Kier alpha value is -2.61. The number of nitrogens with one attached hydrogen (secondary N) is 2. The third-order valence-electron chi connectivity index (χ3n) is 6.85. The Balaban J connectivity index is 2.48. The molecule has 1 saturated carbocycles. The Labute approximate surface area is 222 Å². The van der Waals surface area contributed by atoms with Crippen LogP contribution in [0.5, 0.6) is 0 Å². The first-order chi connectivity index (χ1) is 17.4. The minimum Gasteiger partial charge on any atom is -0.444 e. The molecule has 1 aromatic carbocycles. The standard InChI is InChI=1S/C29H47N3O5/c1-8-21(4)24(31-28(36)37-29(5,6)7)27(35)32(14-15-33)25(22-17-19(2)16-20(3)18-22)26(34)30-23-12-10-9-11-13-23/h16-18,21,23-25,33H,8-15H2,1-7H3,(H,30,34)(H,31,36). The summed E-state index contributed by atoms with van der Waals surface area (Å²) in [6.07, 6.45) is 5.05. The number of hydrogen-bond acceptors (Lipinski definition) is 5. The second-order valence-electron chi connectivity index (χ2n) is 11.4. The van der Waals surface area contributed by atoms with Crippen LogP contribution in [0.3, 0.4) is 0 Å². The van der Waals surface area contributed by atoms with E-state index in [-0.39, 0.29) is 31.0 Å². The van der Waals surface area contributed by atoms with Crippen molar-refractivity contribution in [3.05, 3.63) is 34.9 Å². The Morgan fingerprint density at radius 2 is 1.68 bits per heavy atom. The lowest BCUT2D eigenvalue weighted by Crippen LogP contribution is -2.56. The second kappa shape index (κ2) is 13.8. The van der Waals surface area contributed by atoms with Gasteiger partial charge in [-0.2, -0.15) is 0 Å². The smallest absolute Gasteiger partial charge is 0.408 e. The summed E-state index contributed by atoms with van der Waals surface area (Å²) in [6, 6.07) is 4.05.